The van der Waals surface area contributed by atoms with E-state index in [1.165, 1.54) is 0 Å². The first-order chi connectivity index (χ1) is 33.7. The highest BCUT2D eigenvalue weighted by atomic mass is 15.2. The maximum atomic E-state index is 5.33. The van der Waals surface area contributed by atoms with Gasteiger partial charge in [-0.2, -0.15) is 9.97 Å². The Bertz CT molecular complexity index is 3920. The molecule has 68 heavy (non-hydrogen) atoms. The summed E-state index contributed by atoms with van der Waals surface area (Å²) in [4.78, 5) is 30.7. The average Bonchev–Trinajstić information content (AvgIpc) is 3.95. The normalized spacial score (nSPS) is 11.5. The maximum Gasteiger partial charge on any atom is 0.238 e. The topological polar surface area (TPSA) is 87.2 Å². The molecule has 9 aromatic carbocycles. The number of hydrogen-bond donors (Lipinski definition) is 0. The highest BCUT2D eigenvalue weighted by Crippen LogP contribution is 2.42. The summed E-state index contributed by atoms with van der Waals surface area (Å²) in [5.41, 5.74) is 12.0. The van der Waals surface area contributed by atoms with E-state index >= 15 is 0 Å². The van der Waals surface area contributed by atoms with Crippen molar-refractivity contribution in [2.24, 2.45) is 0 Å². The SMILES string of the molecule is c1ccc(-c2ccc(-c3nc(-c4ccccc4)nc(-n4c5ccccc5c5ccc6c(c7ccccc7n6-c6ccc(-c7nc(-c8ccccc8)nc(-c8ccccc8)n7)cc6)c54)n3)cc2)cc1. The average molecular weight is 871 g/mol. The van der Waals surface area contributed by atoms with Gasteiger partial charge in [-0.1, -0.05) is 188 Å². The molecule has 0 aliphatic carbocycles. The molecule has 0 amide bonds. The summed E-state index contributed by atoms with van der Waals surface area (Å²) >= 11 is 0. The molecular weight excluding hydrogens is 833 g/mol. The summed E-state index contributed by atoms with van der Waals surface area (Å²) in [7, 11) is 0. The van der Waals surface area contributed by atoms with Crippen LogP contribution in [-0.4, -0.2) is 39.0 Å². The van der Waals surface area contributed by atoms with E-state index in [2.05, 4.69) is 155 Å². The molecule has 0 N–H and O–H groups in total. The van der Waals surface area contributed by atoms with Gasteiger partial charge < -0.3 is 4.57 Å². The second kappa shape index (κ2) is 16.2. The smallest absolute Gasteiger partial charge is 0.238 e. The fourth-order valence-corrected chi connectivity index (χ4v) is 9.44. The molecule has 13 aromatic rings. The van der Waals surface area contributed by atoms with E-state index in [-0.39, 0.29) is 0 Å². The highest BCUT2D eigenvalue weighted by Gasteiger charge is 2.23. The largest absolute Gasteiger partial charge is 0.309 e. The summed E-state index contributed by atoms with van der Waals surface area (Å²) < 4.78 is 4.58. The van der Waals surface area contributed by atoms with Gasteiger partial charge >= 0.3 is 0 Å². The molecule has 0 saturated heterocycles. The number of fused-ring (bicyclic) bond motifs is 7. The first-order valence-corrected chi connectivity index (χ1v) is 22.6. The van der Waals surface area contributed by atoms with Crippen molar-refractivity contribution in [3.63, 3.8) is 0 Å². The van der Waals surface area contributed by atoms with Gasteiger partial charge in [-0.3, -0.25) is 4.57 Å². The minimum Gasteiger partial charge on any atom is -0.309 e. The van der Waals surface area contributed by atoms with Gasteiger partial charge in [0.2, 0.25) is 5.95 Å². The third-order valence-corrected chi connectivity index (χ3v) is 12.7. The van der Waals surface area contributed by atoms with Gasteiger partial charge in [0.1, 0.15) is 0 Å². The lowest BCUT2D eigenvalue weighted by molar-refractivity contribution is 0.955. The fourth-order valence-electron chi connectivity index (χ4n) is 9.44. The van der Waals surface area contributed by atoms with Crippen LogP contribution in [-0.2, 0) is 0 Å². The van der Waals surface area contributed by atoms with Crippen LogP contribution in [0.1, 0.15) is 0 Å². The summed E-state index contributed by atoms with van der Waals surface area (Å²) in [5.74, 6) is 3.60. The summed E-state index contributed by atoms with van der Waals surface area (Å²) in [6, 6.07) is 79.3. The molecule has 13 rings (SSSR count). The van der Waals surface area contributed by atoms with E-state index in [4.69, 9.17) is 29.9 Å². The standard InChI is InChI=1S/C60H38N8/c1-5-17-39(18-6-1)40-29-31-44(32-30-40)59-64-58(43-23-11-4-12-24-43)65-60(66-59)68-50-27-15-13-25-47(50)48-37-38-52-53(54(48)68)49-26-14-16-28-51(49)67(52)46-35-33-45(34-36-46)57-62-55(41-19-7-2-8-20-41)61-56(63-57)42-21-9-3-10-22-42/h1-38H. The van der Waals surface area contributed by atoms with Gasteiger partial charge in [-0.15, -0.1) is 0 Å². The third-order valence-electron chi connectivity index (χ3n) is 12.7. The Balaban J connectivity index is 0.999. The molecule has 0 fully saturated rings. The number of hydrogen-bond acceptors (Lipinski definition) is 6. The molecule has 0 radical (unpaired) electrons. The Hall–Kier alpha value is -9.40. The molecule has 0 unspecified atom stereocenters. The van der Waals surface area contributed by atoms with Crippen LogP contribution in [0.4, 0.5) is 0 Å². The number of benzene rings is 9. The quantitative estimate of drug-likeness (QED) is 0.151. The molecule has 0 atom stereocenters. The Morgan fingerprint density at radius 3 is 1.12 bits per heavy atom. The molecule has 4 heterocycles. The van der Waals surface area contributed by atoms with Crippen molar-refractivity contribution in [3.8, 4) is 79.7 Å². The minimum absolute atomic E-state index is 0.544. The Morgan fingerprint density at radius 1 is 0.235 bits per heavy atom. The van der Waals surface area contributed by atoms with Crippen LogP contribution in [0.3, 0.4) is 0 Å². The van der Waals surface area contributed by atoms with E-state index in [1.807, 2.05) is 84.9 Å². The summed E-state index contributed by atoms with van der Waals surface area (Å²) in [6.07, 6.45) is 0. The lowest BCUT2D eigenvalue weighted by atomic mass is 10.0. The predicted molar refractivity (Wildman–Crippen MR) is 275 cm³/mol. The van der Waals surface area contributed by atoms with Gasteiger partial charge in [0, 0.05) is 55.0 Å². The second-order valence-corrected chi connectivity index (χ2v) is 16.7. The molecule has 8 nitrogen and oxygen atoms in total. The first kappa shape index (κ1) is 39.0. The number of para-hydroxylation sites is 2. The minimum atomic E-state index is 0.544. The van der Waals surface area contributed by atoms with Crippen LogP contribution in [0.2, 0.25) is 0 Å². The Morgan fingerprint density at radius 2 is 0.603 bits per heavy atom. The zero-order valence-electron chi connectivity index (χ0n) is 36.5. The molecule has 4 aromatic heterocycles. The van der Waals surface area contributed by atoms with Crippen molar-refractivity contribution >= 4 is 43.6 Å². The maximum absolute atomic E-state index is 5.33. The van der Waals surface area contributed by atoms with Crippen LogP contribution in [0, 0.1) is 0 Å². The monoisotopic (exact) mass is 870 g/mol. The molecule has 8 heteroatoms. The first-order valence-electron chi connectivity index (χ1n) is 22.6. The molecule has 0 bridgehead atoms. The predicted octanol–water partition coefficient (Wildman–Crippen LogP) is 14.3. The van der Waals surface area contributed by atoms with Crippen molar-refractivity contribution in [2.45, 2.75) is 0 Å². The van der Waals surface area contributed by atoms with Gasteiger partial charge in [0.05, 0.1) is 22.1 Å². The molecule has 0 aliphatic heterocycles. The van der Waals surface area contributed by atoms with E-state index in [9.17, 15) is 0 Å². The van der Waals surface area contributed by atoms with Crippen LogP contribution in [0.5, 0.6) is 0 Å². The number of aromatic nitrogens is 8. The van der Waals surface area contributed by atoms with Crippen molar-refractivity contribution in [3.05, 3.63) is 231 Å². The van der Waals surface area contributed by atoms with Crippen LogP contribution < -0.4 is 0 Å². The van der Waals surface area contributed by atoms with E-state index in [1.54, 1.807) is 0 Å². The number of rotatable bonds is 8. The second-order valence-electron chi connectivity index (χ2n) is 16.7. The van der Waals surface area contributed by atoms with Crippen molar-refractivity contribution in [1.82, 2.24) is 39.0 Å². The Kier molecular flexibility index (Phi) is 9.31. The van der Waals surface area contributed by atoms with Gasteiger partial charge in [-0.25, -0.2) is 19.9 Å². The summed E-state index contributed by atoms with van der Waals surface area (Å²) in [6.45, 7) is 0. The number of nitrogens with zero attached hydrogens (tertiary/aromatic N) is 8. The van der Waals surface area contributed by atoms with Crippen LogP contribution in [0.25, 0.3) is 123 Å². The van der Waals surface area contributed by atoms with E-state index in [0.717, 1.165) is 88.2 Å². The van der Waals surface area contributed by atoms with Gasteiger partial charge in [0.25, 0.3) is 0 Å². The Labute approximate surface area is 391 Å². The summed E-state index contributed by atoms with van der Waals surface area (Å²) in [5, 5.41) is 4.45. The van der Waals surface area contributed by atoms with E-state index < -0.39 is 0 Å². The lowest BCUT2D eigenvalue weighted by Gasteiger charge is -2.12. The van der Waals surface area contributed by atoms with Crippen molar-refractivity contribution < 1.29 is 0 Å². The molecule has 0 spiro atoms. The van der Waals surface area contributed by atoms with Gasteiger partial charge in [-0.05, 0) is 53.6 Å². The molecule has 0 saturated carbocycles. The zero-order valence-corrected chi connectivity index (χ0v) is 36.5. The van der Waals surface area contributed by atoms with Crippen LogP contribution in [0.15, 0.2) is 231 Å². The highest BCUT2D eigenvalue weighted by molar-refractivity contribution is 6.26. The molecular formula is C60H38N8. The fraction of sp³-hybridized carbons (Fsp3) is 0. The molecule has 318 valence electrons. The van der Waals surface area contributed by atoms with Gasteiger partial charge in [0.15, 0.2) is 29.1 Å². The van der Waals surface area contributed by atoms with E-state index in [0.29, 0.717) is 35.1 Å². The lowest BCUT2D eigenvalue weighted by Crippen LogP contribution is -2.06. The van der Waals surface area contributed by atoms with Crippen molar-refractivity contribution in [2.75, 3.05) is 0 Å². The third kappa shape index (κ3) is 6.70. The van der Waals surface area contributed by atoms with Crippen molar-refractivity contribution in [1.29, 1.82) is 0 Å². The van der Waals surface area contributed by atoms with Crippen LogP contribution >= 0.6 is 0 Å². The molecule has 0 aliphatic rings. The zero-order chi connectivity index (χ0) is 45.0.